The van der Waals surface area contributed by atoms with E-state index >= 15 is 0 Å². The molecule has 0 aliphatic heterocycles. The Hall–Kier alpha value is -0.980. The van der Waals surface area contributed by atoms with E-state index in [0.29, 0.717) is 0 Å². The monoisotopic (exact) mass is 138 g/mol. The third kappa shape index (κ3) is 3.13. The topological polar surface area (TPSA) is 20.2 Å². The molecule has 0 rings (SSSR count). The highest BCUT2D eigenvalue weighted by atomic mass is 16.3. The first-order valence-corrected chi connectivity index (χ1v) is 3.42. The summed E-state index contributed by atoms with van der Waals surface area (Å²) < 4.78 is 0. The van der Waals surface area contributed by atoms with Crippen molar-refractivity contribution in [3.8, 4) is 0 Å². The Morgan fingerprint density at radius 1 is 1.60 bits per heavy atom. The number of hydrogen-bond donors (Lipinski definition) is 1. The molecule has 10 heavy (non-hydrogen) atoms. The summed E-state index contributed by atoms with van der Waals surface area (Å²) in [6.45, 7) is 9.02. The first-order chi connectivity index (χ1) is 4.72. The molecule has 1 heteroatoms. The van der Waals surface area contributed by atoms with Crippen LogP contribution in [0.5, 0.6) is 0 Å². The molecule has 0 aliphatic rings. The molecule has 0 bridgehead atoms. The van der Waals surface area contributed by atoms with Gasteiger partial charge in [0.1, 0.15) is 5.76 Å². The Balaban J connectivity index is 4.11. The van der Waals surface area contributed by atoms with Crippen molar-refractivity contribution < 1.29 is 5.11 Å². The van der Waals surface area contributed by atoms with Gasteiger partial charge in [0.15, 0.2) is 0 Å². The van der Waals surface area contributed by atoms with Crippen molar-refractivity contribution >= 4 is 0 Å². The molecule has 0 atom stereocenters. The van der Waals surface area contributed by atoms with Crippen LogP contribution in [0.4, 0.5) is 0 Å². The van der Waals surface area contributed by atoms with E-state index in [2.05, 4.69) is 20.1 Å². The van der Waals surface area contributed by atoms with Gasteiger partial charge in [0.05, 0.1) is 0 Å². The number of allylic oxidation sites excluding steroid dienone is 3. The SMILES string of the molecule is C=C/C=C(/CCC)C(=C)O. The first kappa shape index (κ1) is 9.02. The molecule has 0 saturated carbocycles. The molecule has 0 aromatic rings. The lowest BCUT2D eigenvalue weighted by Crippen LogP contribution is -1.85. The zero-order valence-electron chi connectivity index (χ0n) is 6.43. The summed E-state index contributed by atoms with van der Waals surface area (Å²) in [7, 11) is 0. The molecule has 0 aliphatic carbocycles. The van der Waals surface area contributed by atoms with Crippen molar-refractivity contribution in [2.24, 2.45) is 0 Å². The fourth-order valence-electron chi connectivity index (χ4n) is 0.735. The Kier molecular flexibility index (Phi) is 4.38. The summed E-state index contributed by atoms with van der Waals surface area (Å²) in [6.07, 6.45) is 5.32. The summed E-state index contributed by atoms with van der Waals surface area (Å²) in [5.74, 6) is 0.154. The van der Waals surface area contributed by atoms with Gasteiger partial charge in [-0.25, -0.2) is 0 Å². The molecular formula is C9H14O. The highest BCUT2D eigenvalue weighted by Crippen LogP contribution is 2.11. The van der Waals surface area contributed by atoms with Crippen LogP contribution in [-0.4, -0.2) is 5.11 Å². The molecule has 0 heterocycles. The van der Waals surface area contributed by atoms with E-state index in [9.17, 15) is 0 Å². The summed E-state index contributed by atoms with van der Waals surface area (Å²) in [6, 6.07) is 0. The Labute approximate surface area is 62.4 Å². The lowest BCUT2D eigenvalue weighted by Gasteiger charge is -2.00. The van der Waals surface area contributed by atoms with Gasteiger partial charge < -0.3 is 5.11 Å². The van der Waals surface area contributed by atoms with Gasteiger partial charge in [0, 0.05) is 0 Å². The second-order valence-corrected chi connectivity index (χ2v) is 2.12. The molecule has 0 radical (unpaired) electrons. The van der Waals surface area contributed by atoms with Crippen molar-refractivity contribution in [2.75, 3.05) is 0 Å². The first-order valence-electron chi connectivity index (χ1n) is 3.42. The van der Waals surface area contributed by atoms with Gasteiger partial charge in [0.2, 0.25) is 0 Å². The van der Waals surface area contributed by atoms with Crippen molar-refractivity contribution in [1.82, 2.24) is 0 Å². The number of aliphatic hydroxyl groups is 1. The van der Waals surface area contributed by atoms with E-state index < -0.39 is 0 Å². The fourth-order valence-corrected chi connectivity index (χ4v) is 0.735. The van der Waals surface area contributed by atoms with Crippen LogP contribution in [0, 0.1) is 0 Å². The van der Waals surface area contributed by atoms with Gasteiger partial charge in [-0.05, 0) is 12.0 Å². The van der Waals surface area contributed by atoms with Crippen LogP contribution in [0.15, 0.2) is 36.6 Å². The predicted octanol–water partition coefficient (Wildman–Crippen LogP) is 2.97. The summed E-state index contributed by atoms with van der Waals surface area (Å²) in [4.78, 5) is 0. The highest BCUT2D eigenvalue weighted by Gasteiger charge is 1.95. The zero-order valence-corrected chi connectivity index (χ0v) is 6.43. The van der Waals surface area contributed by atoms with E-state index in [1.165, 1.54) is 0 Å². The van der Waals surface area contributed by atoms with E-state index in [1.807, 2.05) is 0 Å². The maximum atomic E-state index is 8.96. The lowest BCUT2D eigenvalue weighted by molar-refractivity contribution is 0.421. The van der Waals surface area contributed by atoms with Crippen LogP contribution in [0.1, 0.15) is 19.8 Å². The summed E-state index contributed by atoms with van der Waals surface area (Å²) >= 11 is 0. The van der Waals surface area contributed by atoms with E-state index in [-0.39, 0.29) is 5.76 Å². The molecule has 56 valence electrons. The largest absolute Gasteiger partial charge is 0.508 e. The van der Waals surface area contributed by atoms with Crippen LogP contribution >= 0.6 is 0 Å². The predicted molar refractivity (Wildman–Crippen MR) is 45.0 cm³/mol. The molecule has 0 spiro atoms. The average Bonchev–Trinajstić information content (AvgIpc) is 1.87. The third-order valence-electron chi connectivity index (χ3n) is 1.21. The van der Waals surface area contributed by atoms with Crippen molar-refractivity contribution in [2.45, 2.75) is 19.8 Å². The Bertz CT molecular complexity index is 154. The molecule has 0 amide bonds. The third-order valence-corrected chi connectivity index (χ3v) is 1.21. The van der Waals surface area contributed by atoms with Crippen LogP contribution in [0.3, 0.4) is 0 Å². The van der Waals surface area contributed by atoms with Crippen molar-refractivity contribution in [3.05, 3.63) is 36.6 Å². The van der Waals surface area contributed by atoms with Gasteiger partial charge in [-0.15, -0.1) is 0 Å². The van der Waals surface area contributed by atoms with Gasteiger partial charge in [-0.1, -0.05) is 38.7 Å². The fraction of sp³-hybridized carbons (Fsp3) is 0.333. The van der Waals surface area contributed by atoms with Gasteiger partial charge in [-0.3, -0.25) is 0 Å². The quantitative estimate of drug-likeness (QED) is 0.467. The van der Waals surface area contributed by atoms with Gasteiger partial charge in [0.25, 0.3) is 0 Å². The van der Waals surface area contributed by atoms with Crippen LogP contribution in [0.25, 0.3) is 0 Å². The summed E-state index contributed by atoms with van der Waals surface area (Å²) in [5.41, 5.74) is 0.873. The second-order valence-electron chi connectivity index (χ2n) is 2.12. The van der Waals surface area contributed by atoms with Crippen molar-refractivity contribution in [1.29, 1.82) is 0 Å². The number of aliphatic hydroxyl groups excluding tert-OH is 1. The zero-order chi connectivity index (χ0) is 7.98. The van der Waals surface area contributed by atoms with E-state index in [1.54, 1.807) is 12.2 Å². The molecule has 0 unspecified atom stereocenters. The number of rotatable bonds is 4. The van der Waals surface area contributed by atoms with Crippen LogP contribution in [0.2, 0.25) is 0 Å². The van der Waals surface area contributed by atoms with Crippen molar-refractivity contribution in [3.63, 3.8) is 0 Å². The van der Waals surface area contributed by atoms with Gasteiger partial charge in [-0.2, -0.15) is 0 Å². The molecule has 1 nitrogen and oxygen atoms in total. The molecule has 0 saturated heterocycles. The highest BCUT2D eigenvalue weighted by molar-refractivity contribution is 5.25. The van der Waals surface area contributed by atoms with Crippen LogP contribution < -0.4 is 0 Å². The smallest absolute Gasteiger partial charge is 0.111 e. The standard InChI is InChI=1S/C9H14O/c1-4-6-9(7-5-2)8(3)10/h4,6,10H,1,3,5,7H2,2H3/b9-6-. The minimum absolute atomic E-state index is 0.154. The minimum Gasteiger partial charge on any atom is -0.508 e. The number of hydrogen-bond acceptors (Lipinski definition) is 1. The maximum absolute atomic E-state index is 8.96. The lowest BCUT2D eigenvalue weighted by atomic mass is 10.1. The van der Waals surface area contributed by atoms with E-state index in [4.69, 9.17) is 5.11 Å². The minimum atomic E-state index is 0.154. The Morgan fingerprint density at radius 2 is 2.20 bits per heavy atom. The average molecular weight is 138 g/mol. The molecular weight excluding hydrogens is 124 g/mol. The Morgan fingerprint density at radius 3 is 2.50 bits per heavy atom. The van der Waals surface area contributed by atoms with E-state index in [0.717, 1.165) is 18.4 Å². The molecule has 0 aromatic carbocycles. The second kappa shape index (κ2) is 4.86. The maximum Gasteiger partial charge on any atom is 0.111 e. The normalized spacial score (nSPS) is 11.1. The molecule has 1 N–H and O–H groups in total. The molecule has 0 aromatic heterocycles. The van der Waals surface area contributed by atoms with Gasteiger partial charge >= 0.3 is 0 Å². The molecule has 0 fully saturated rings. The summed E-state index contributed by atoms with van der Waals surface area (Å²) in [5, 5.41) is 8.96. The van der Waals surface area contributed by atoms with Crippen LogP contribution in [-0.2, 0) is 0 Å².